The average Bonchev–Trinajstić information content (AvgIpc) is 3.09. The standard InChI is InChI=1S/C39H56FN3O12/c1-38(2,3)54-35(47)29-14-15-31(40)30(24-29)26-43(34(46)32(25-33(44)45)42-37(49)53-27-28-12-8-7-9-13-28)17-11-19-51-21-23-52-22-20-50-18-10-16-41-36(48)55-39(4,5)6/h7-9,12-15,24,32H,10-11,16-23,25-27H2,1-6H3,(H,41,48)(H,42,49)(H,44,45). The lowest BCUT2D eigenvalue weighted by atomic mass is 10.1. The van der Waals surface area contributed by atoms with Crippen LogP contribution in [0, 0.1) is 5.82 Å². The summed E-state index contributed by atoms with van der Waals surface area (Å²) in [6.07, 6.45) is -1.39. The Balaban J connectivity index is 1.94. The fourth-order valence-corrected chi connectivity index (χ4v) is 4.71. The van der Waals surface area contributed by atoms with Gasteiger partial charge in [0, 0.05) is 38.4 Å². The van der Waals surface area contributed by atoms with E-state index in [-0.39, 0.29) is 57.1 Å². The highest BCUT2D eigenvalue weighted by Crippen LogP contribution is 2.18. The van der Waals surface area contributed by atoms with E-state index in [2.05, 4.69) is 10.6 Å². The Labute approximate surface area is 322 Å². The lowest BCUT2D eigenvalue weighted by Crippen LogP contribution is -2.49. The SMILES string of the molecule is CC(C)(C)OC(=O)NCCCOCCOCCOCCCN(Cc1cc(C(=O)OC(C)(C)C)ccc1F)C(=O)C(CC(=O)O)NC(=O)OCc1ccccc1. The largest absolute Gasteiger partial charge is 0.481 e. The van der Waals surface area contributed by atoms with Crippen LogP contribution in [0.25, 0.3) is 0 Å². The summed E-state index contributed by atoms with van der Waals surface area (Å²) in [4.78, 5) is 63.8. The van der Waals surface area contributed by atoms with Crippen molar-refractivity contribution in [3.8, 4) is 0 Å². The molecule has 0 bridgehead atoms. The van der Waals surface area contributed by atoms with Crippen LogP contribution in [-0.4, -0.2) is 110 Å². The Bertz CT molecular complexity index is 1510. The minimum Gasteiger partial charge on any atom is -0.481 e. The summed E-state index contributed by atoms with van der Waals surface area (Å²) in [7, 11) is 0. The smallest absolute Gasteiger partial charge is 0.408 e. The number of amides is 3. The van der Waals surface area contributed by atoms with E-state index in [9.17, 15) is 29.1 Å². The number of benzene rings is 2. The number of esters is 1. The number of carboxylic acid groups (broad SMARTS) is 1. The van der Waals surface area contributed by atoms with Gasteiger partial charge in [0.15, 0.2) is 0 Å². The molecule has 16 heteroatoms. The zero-order chi connectivity index (χ0) is 40.9. The summed E-state index contributed by atoms with van der Waals surface area (Å²) in [5.41, 5.74) is -0.644. The van der Waals surface area contributed by atoms with Crippen molar-refractivity contribution in [3.05, 3.63) is 71.0 Å². The third-order valence-electron chi connectivity index (χ3n) is 7.13. The van der Waals surface area contributed by atoms with E-state index in [4.69, 9.17) is 28.4 Å². The molecule has 0 heterocycles. The fraction of sp³-hybridized carbons (Fsp3) is 0.564. The number of hydrogen-bond acceptors (Lipinski definition) is 11. The maximum absolute atomic E-state index is 15.1. The minimum absolute atomic E-state index is 0.0106. The number of ether oxygens (including phenoxy) is 6. The van der Waals surface area contributed by atoms with Gasteiger partial charge >= 0.3 is 24.1 Å². The van der Waals surface area contributed by atoms with Crippen LogP contribution >= 0.6 is 0 Å². The van der Waals surface area contributed by atoms with Crippen molar-refractivity contribution in [2.75, 3.05) is 52.7 Å². The van der Waals surface area contributed by atoms with Gasteiger partial charge in [0.25, 0.3) is 0 Å². The number of carbonyl (C=O) groups is 5. The molecule has 2 aromatic rings. The molecule has 3 amide bonds. The number of alkyl carbamates (subject to hydrolysis) is 2. The molecule has 0 saturated heterocycles. The lowest BCUT2D eigenvalue weighted by molar-refractivity contribution is -0.143. The van der Waals surface area contributed by atoms with Gasteiger partial charge < -0.3 is 49.1 Å². The number of nitrogens with one attached hydrogen (secondary N) is 2. The molecule has 0 aromatic heterocycles. The van der Waals surface area contributed by atoms with Crippen LogP contribution in [0.15, 0.2) is 48.5 Å². The van der Waals surface area contributed by atoms with Gasteiger partial charge in [0.05, 0.1) is 38.4 Å². The molecule has 55 heavy (non-hydrogen) atoms. The first kappa shape index (κ1) is 46.4. The predicted octanol–water partition coefficient (Wildman–Crippen LogP) is 5.23. The van der Waals surface area contributed by atoms with E-state index in [0.29, 0.717) is 38.3 Å². The van der Waals surface area contributed by atoms with Crippen LogP contribution in [0.1, 0.15) is 82.3 Å². The van der Waals surface area contributed by atoms with E-state index in [1.807, 2.05) is 0 Å². The number of aliphatic carboxylic acids is 1. The zero-order valence-corrected chi connectivity index (χ0v) is 32.7. The minimum atomic E-state index is -1.55. The number of rotatable bonds is 23. The molecular weight excluding hydrogens is 721 g/mol. The highest BCUT2D eigenvalue weighted by atomic mass is 19.1. The van der Waals surface area contributed by atoms with Crippen molar-refractivity contribution in [1.82, 2.24) is 15.5 Å². The van der Waals surface area contributed by atoms with Gasteiger partial charge in [-0.2, -0.15) is 0 Å². The van der Waals surface area contributed by atoms with Gasteiger partial charge in [-0.3, -0.25) is 9.59 Å². The molecule has 0 fully saturated rings. The monoisotopic (exact) mass is 777 g/mol. The summed E-state index contributed by atoms with van der Waals surface area (Å²) >= 11 is 0. The van der Waals surface area contributed by atoms with Crippen LogP contribution in [0.4, 0.5) is 14.0 Å². The zero-order valence-electron chi connectivity index (χ0n) is 32.7. The number of carboxylic acids is 1. The molecule has 0 radical (unpaired) electrons. The summed E-state index contributed by atoms with van der Waals surface area (Å²) in [5.74, 6) is -3.55. The third-order valence-corrected chi connectivity index (χ3v) is 7.13. The second-order valence-corrected chi connectivity index (χ2v) is 14.4. The van der Waals surface area contributed by atoms with Gasteiger partial charge in [-0.1, -0.05) is 30.3 Å². The van der Waals surface area contributed by atoms with Crippen LogP contribution in [-0.2, 0) is 51.2 Å². The average molecular weight is 778 g/mol. The van der Waals surface area contributed by atoms with Crippen LogP contribution in [0.5, 0.6) is 0 Å². The van der Waals surface area contributed by atoms with Gasteiger partial charge in [-0.05, 0) is 78.1 Å². The molecule has 0 aliphatic heterocycles. The van der Waals surface area contributed by atoms with Gasteiger partial charge in [0.2, 0.25) is 5.91 Å². The number of hydrogen-bond donors (Lipinski definition) is 3. The first-order chi connectivity index (χ1) is 25.9. The second-order valence-electron chi connectivity index (χ2n) is 14.4. The molecule has 0 saturated carbocycles. The Hall–Kier alpha value is -4.80. The molecule has 1 unspecified atom stereocenters. The molecule has 15 nitrogen and oxygen atoms in total. The van der Waals surface area contributed by atoms with E-state index in [1.165, 1.54) is 17.0 Å². The molecule has 0 spiro atoms. The quantitative estimate of drug-likeness (QED) is 0.0758. The topological polar surface area (TPSA) is 188 Å². The first-order valence-electron chi connectivity index (χ1n) is 18.1. The Morgan fingerprint density at radius 1 is 0.782 bits per heavy atom. The van der Waals surface area contributed by atoms with E-state index in [1.54, 1.807) is 71.9 Å². The number of carbonyl (C=O) groups excluding carboxylic acids is 4. The molecule has 2 rings (SSSR count). The molecule has 2 aromatic carbocycles. The predicted molar refractivity (Wildman–Crippen MR) is 199 cm³/mol. The molecule has 306 valence electrons. The van der Waals surface area contributed by atoms with Gasteiger partial charge in [-0.15, -0.1) is 0 Å². The van der Waals surface area contributed by atoms with Crippen LogP contribution in [0.3, 0.4) is 0 Å². The van der Waals surface area contributed by atoms with Crippen LogP contribution < -0.4 is 10.6 Å². The van der Waals surface area contributed by atoms with E-state index >= 15 is 4.39 Å². The highest BCUT2D eigenvalue weighted by molar-refractivity contribution is 5.90. The van der Waals surface area contributed by atoms with Crippen molar-refractivity contribution in [2.45, 2.75) is 91.2 Å². The molecular formula is C39H56FN3O12. The van der Waals surface area contributed by atoms with Crippen molar-refractivity contribution in [3.63, 3.8) is 0 Å². The normalized spacial score (nSPS) is 12.0. The van der Waals surface area contributed by atoms with Crippen molar-refractivity contribution < 1.29 is 61.9 Å². The maximum Gasteiger partial charge on any atom is 0.408 e. The number of nitrogens with zero attached hydrogens (tertiary/aromatic N) is 1. The summed E-state index contributed by atoms with van der Waals surface area (Å²) < 4.78 is 47.5. The summed E-state index contributed by atoms with van der Waals surface area (Å²) in [6, 6.07) is 10.9. The molecule has 1 atom stereocenters. The molecule has 0 aliphatic carbocycles. The Kier molecular flexibility index (Phi) is 20.1. The van der Waals surface area contributed by atoms with Crippen molar-refractivity contribution in [1.29, 1.82) is 0 Å². The first-order valence-corrected chi connectivity index (χ1v) is 18.1. The Morgan fingerprint density at radius 3 is 1.98 bits per heavy atom. The van der Waals surface area contributed by atoms with E-state index in [0.717, 1.165) is 6.07 Å². The fourth-order valence-electron chi connectivity index (χ4n) is 4.71. The third kappa shape index (κ3) is 21.0. The van der Waals surface area contributed by atoms with Crippen molar-refractivity contribution >= 4 is 30.0 Å². The van der Waals surface area contributed by atoms with E-state index < -0.39 is 59.5 Å². The number of halogens is 1. The van der Waals surface area contributed by atoms with Crippen molar-refractivity contribution in [2.24, 2.45) is 0 Å². The van der Waals surface area contributed by atoms with Crippen LogP contribution in [0.2, 0.25) is 0 Å². The maximum atomic E-state index is 15.1. The molecule has 3 N–H and O–H groups in total. The Morgan fingerprint density at radius 2 is 1.38 bits per heavy atom. The summed E-state index contributed by atoms with van der Waals surface area (Å²) in [6.45, 7) is 12.2. The van der Waals surface area contributed by atoms with Gasteiger partial charge in [0.1, 0.15) is 29.7 Å². The second kappa shape index (κ2) is 23.9. The van der Waals surface area contributed by atoms with Gasteiger partial charge in [-0.25, -0.2) is 18.8 Å². The highest BCUT2D eigenvalue weighted by Gasteiger charge is 2.30. The lowest BCUT2D eigenvalue weighted by Gasteiger charge is -2.28. The summed E-state index contributed by atoms with van der Waals surface area (Å²) in [5, 5.41) is 14.6. The molecule has 0 aliphatic rings.